The van der Waals surface area contributed by atoms with Crippen LogP contribution in [0, 0.1) is 5.82 Å². The van der Waals surface area contributed by atoms with Crippen LogP contribution in [0.3, 0.4) is 0 Å². The Morgan fingerprint density at radius 2 is 1.83 bits per heavy atom. The van der Waals surface area contributed by atoms with Crippen molar-refractivity contribution in [3.05, 3.63) is 102 Å². The molecule has 1 aromatic heterocycles. The Bertz CT molecular complexity index is 1710. The number of hydrogen-bond acceptors (Lipinski definition) is 7. The van der Waals surface area contributed by atoms with Crippen molar-refractivity contribution >= 4 is 39.0 Å². The van der Waals surface area contributed by atoms with Crippen LogP contribution in [0.2, 0.25) is 0 Å². The van der Waals surface area contributed by atoms with Crippen LogP contribution in [0.4, 0.5) is 26.2 Å². The number of rotatable bonds is 10. The van der Waals surface area contributed by atoms with E-state index in [2.05, 4.69) is 25.2 Å². The number of aromatic nitrogens is 1. The highest BCUT2D eigenvalue weighted by Gasteiger charge is 2.29. The fourth-order valence-electron chi connectivity index (χ4n) is 5.47. The summed E-state index contributed by atoms with van der Waals surface area (Å²) in [5.74, 6) is 0.0583. The van der Waals surface area contributed by atoms with Crippen molar-refractivity contribution in [1.82, 2.24) is 14.6 Å². The van der Waals surface area contributed by atoms with E-state index in [1.54, 1.807) is 23.2 Å². The molecule has 2 aromatic carbocycles. The number of ether oxygens (including phenoxy) is 1. The van der Waals surface area contributed by atoms with Gasteiger partial charge in [-0.05, 0) is 67.3 Å². The number of carbonyl (C=O) groups excluding carboxylic acids is 2. The van der Waals surface area contributed by atoms with Crippen molar-refractivity contribution in [3.63, 3.8) is 0 Å². The SMILES string of the molecule is CC(=O)Nc1cc(NC(=O)N(c2ccccc2)C2CCN(Cc3ccc(OC4=CCC(NS(C)(=O)=O)C=C4)nc3)CC2)ccc1F. The van der Waals surface area contributed by atoms with Crippen molar-refractivity contribution in [2.45, 2.75) is 44.8 Å². The van der Waals surface area contributed by atoms with Crippen molar-refractivity contribution in [2.24, 2.45) is 0 Å². The second kappa shape index (κ2) is 14.7. The van der Waals surface area contributed by atoms with Gasteiger partial charge in [-0.1, -0.05) is 30.3 Å². The Morgan fingerprint density at radius 3 is 2.46 bits per heavy atom. The van der Waals surface area contributed by atoms with Gasteiger partial charge >= 0.3 is 6.03 Å². The number of halogens is 1. The predicted molar refractivity (Wildman–Crippen MR) is 175 cm³/mol. The van der Waals surface area contributed by atoms with Crippen LogP contribution in [-0.4, -0.2) is 61.7 Å². The summed E-state index contributed by atoms with van der Waals surface area (Å²) in [7, 11) is -3.29. The van der Waals surface area contributed by atoms with E-state index in [0.717, 1.165) is 43.4 Å². The van der Waals surface area contributed by atoms with E-state index in [4.69, 9.17) is 4.74 Å². The molecule has 0 bridgehead atoms. The van der Waals surface area contributed by atoms with Gasteiger partial charge in [0, 0.05) is 62.3 Å². The van der Waals surface area contributed by atoms with Gasteiger partial charge in [-0.2, -0.15) is 0 Å². The minimum absolute atomic E-state index is 0.000471. The number of carbonyl (C=O) groups is 2. The second-order valence-electron chi connectivity index (χ2n) is 11.3. The molecular formula is C33H37FN6O5S. The Balaban J connectivity index is 1.17. The fraction of sp³-hybridized carbons (Fsp3) is 0.303. The predicted octanol–water partition coefficient (Wildman–Crippen LogP) is 5.02. The van der Waals surface area contributed by atoms with Crippen molar-refractivity contribution < 1.29 is 27.1 Å². The molecule has 1 fully saturated rings. The first-order valence-corrected chi connectivity index (χ1v) is 16.8. The smallest absolute Gasteiger partial charge is 0.326 e. The molecule has 1 aliphatic carbocycles. The molecule has 1 aliphatic heterocycles. The Morgan fingerprint density at radius 1 is 1.07 bits per heavy atom. The molecule has 11 nitrogen and oxygen atoms in total. The highest BCUT2D eigenvalue weighted by molar-refractivity contribution is 7.88. The lowest BCUT2D eigenvalue weighted by Crippen LogP contribution is -2.49. The van der Waals surface area contributed by atoms with E-state index in [9.17, 15) is 22.4 Å². The fourth-order valence-corrected chi connectivity index (χ4v) is 6.20. The number of anilines is 3. The maximum atomic E-state index is 14.2. The zero-order chi connectivity index (χ0) is 32.7. The number of amides is 3. The summed E-state index contributed by atoms with van der Waals surface area (Å²) in [5, 5.41) is 5.32. The lowest BCUT2D eigenvalue weighted by atomic mass is 10.0. The Kier molecular flexibility index (Phi) is 10.5. The van der Waals surface area contributed by atoms with Crippen LogP contribution in [-0.2, 0) is 21.4 Å². The lowest BCUT2D eigenvalue weighted by Gasteiger charge is -2.38. The first-order chi connectivity index (χ1) is 22.0. The standard InChI is InChI=1S/C33H37FN6O5S/c1-23(41)36-31-20-26(11-14-30(31)34)37-33(42)40(27-6-4-3-5-7-27)28-16-18-39(19-17-28)22-24-8-15-32(35-21-24)45-29-12-9-25(10-13-29)38-46(2,43)44/h3-9,11-15,20-21,25,28,38H,10,16-19,22H2,1-2H3,(H,36,41)(H,37,42). The Labute approximate surface area is 268 Å². The zero-order valence-electron chi connectivity index (χ0n) is 25.6. The number of hydrogen-bond donors (Lipinski definition) is 3. The molecule has 1 saturated heterocycles. The molecule has 242 valence electrons. The summed E-state index contributed by atoms with van der Waals surface area (Å²) in [5.41, 5.74) is 2.16. The molecule has 3 aromatic rings. The van der Waals surface area contributed by atoms with Crippen molar-refractivity contribution in [3.8, 4) is 5.88 Å². The summed E-state index contributed by atoms with van der Waals surface area (Å²) in [6, 6.07) is 16.6. The maximum Gasteiger partial charge on any atom is 0.326 e. The normalized spacial score (nSPS) is 17.2. The third-order valence-electron chi connectivity index (χ3n) is 7.56. The van der Waals surface area contributed by atoms with E-state index < -0.39 is 21.7 Å². The quantitative estimate of drug-likeness (QED) is 0.281. The molecule has 0 radical (unpaired) electrons. The number of sulfonamides is 1. The lowest BCUT2D eigenvalue weighted by molar-refractivity contribution is -0.114. The second-order valence-corrected chi connectivity index (χ2v) is 13.1. The number of allylic oxidation sites excluding steroid dienone is 1. The van der Waals surface area contributed by atoms with Gasteiger partial charge in [-0.25, -0.2) is 27.3 Å². The van der Waals surface area contributed by atoms with Crippen LogP contribution in [0.25, 0.3) is 0 Å². The molecule has 0 spiro atoms. The molecule has 13 heteroatoms. The van der Waals surface area contributed by atoms with Gasteiger partial charge < -0.3 is 15.4 Å². The van der Waals surface area contributed by atoms with Crippen LogP contribution >= 0.6 is 0 Å². The number of nitrogens with zero attached hydrogens (tertiary/aromatic N) is 3. The third-order valence-corrected chi connectivity index (χ3v) is 8.29. The molecule has 3 N–H and O–H groups in total. The number of piperidine rings is 1. The van der Waals surface area contributed by atoms with Crippen LogP contribution in [0.15, 0.2) is 90.8 Å². The van der Waals surface area contributed by atoms with Gasteiger partial charge in [0.25, 0.3) is 0 Å². The summed E-state index contributed by atoms with van der Waals surface area (Å²) >= 11 is 0. The van der Waals surface area contributed by atoms with E-state index >= 15 is 0 Å². The molecule has 46 heavy (non-hydrogen) atoms. The summed E-state index contributed by atoms with van der Waals surface area (Å²) in [6.07, 6.45) is 10.2. The van der Waals surface area contributed by atoms with Crippen LogP contribution < -0.4 is 25.0 Å². The molecule has 0 saturated carbocycles. The summed E-state index contributed by atoms with van der Waals surface area (Å²) in [4.78, 5) is 33.6. The molecule has 2 aliphatic rings. The molecule has 1 unspecified atom stereocenters. The van der Waals surface area contributed by atoms with E-state index in [-0.39, 0.29) is 23.8 Å². The molecule has 5 rings (SSSR count). The topological polar surface area (TPSA) is 133 Å². The molecular weight excluding hydrogens is 611 g/mol. The number of pyridine rings is 1. The van der Waals surface area contributed by atoms with Gasteiger partial charge in [0.15, 0.2) is 0 Å². The first kappa shape index (κ1) is 32.8. The van der Waals surface area contributed by atoms with E-state index in [1.807, 2.05) is 48.5 Å². The van der Waals surface area contributed by atoms with Crippen molar-refractivity contribution in [2.75, 3.05) is 34.9 Å². The number of benzene rings is 2. The third kappa shape index (κ3) is 9.22. The molecule has 3 amide bonds. The number of nitrogens with one attached hydrogen (secondary N) is 3. The van der Waals surface area contributed by atoms with Gasteiger partial charge in [0.05, 0.1) is 11.9 Å². The van der Waals surface area contributed by atoms with Crippen LogP contribution in [0.5, 0.6) is 5.88 Å². The summed E-state index contributed by atoms with van der Waals surface area (Å²) in [6.45, 7) is 3.52. The highest BCUT2D eigenvalue weighted by atomic mass is 32.2. The minimum Gasteiger partial charge on any atom is -0.439 e. The van der Waals surface area contributed by atoms with Gasteiger partial charge in [-0.15, -0.1) is 0 Å². The maximum absolute atomic E-state index is 14.2. The number of likely N-dealkylation sites (tertiary alicyclic amines) is 1. The van der Waals surface area contributed by atoms with Gasteiger partial charge in [0.1, 0.15) is 11.6 Å². The average molecular weight is 649 g/mol. The average Bonchev–Trinajstić information content (AvgIpc) is 3.01. The monoisotopic (exact) mass is 648 g/mol. The Hall–Kier alpha value is -4.59. The number of para-hydroxylation sites is 1. The van der Waals surface area contributed by atoms with Gasteiger partial charge in [-0.3, -0.25) is 14.6 Å². The minimum atomic E-state index is -3.29. The summed E-state index contributed by atoms with van der Waals surface area (Å²) < 4.78 is 45.4. The van der Waals surface area contributed by atoms with Crippen molar-refractivity contribution in [1.29, 1.82) is 0 Å². The highest BCUT2D eigenvalue weighted by Crippen LogP contribution is 2.27. The van der Waals surface area contributed by atoms with E-state index in [0.29, 0.717) is 30.3 Å². The van der Waals surface area contributed by atoms with Crippen LogP contribution in [0.1, 0.15) is 31.7 Å². The van der Waals surface area contributed by atoms with Gasteiger partial charge in [0.2, 0.25) is 21.8 Å². The first-order valence-electron chi connectivity index (χ1n) is 15.0. The largest absolute Gasteiger partial charge is 0.439 e. The molecule has 1 atom stereocenters. The van der Waals surface area contributed by atoms with E-state index in [1.165, 1.54) is 25.1 Å². The molecule has 2 heterocycles. The zero-order valence-corrected chi connectivity index (χ0v) is 26.5. The number of urea groups is 1.